The van der Waals surface area contributed by atoms with Gasteiger partial charge in [-0.2, -0.15) is 13.2 Å². The molecule has 0 atom stereocenters. The second-order valence-corrected chi connectivity index (χ2v) is 6.98. The molecule has 2 aliphatic rings. The van der Waals surface area contributed by atoms with Gasteiger partial charge in [-0.15, -0.1) is 0 Å². The number of benzene rings is 1. The van der Waals surface area contributed by atoms with Gasteiger partial charge >= 0.3 is 6.18 Å². The molecule has 0 unspecified atom stereocenters. The number of halogens is 4. The Morgan fingerprint density at radius 2 is 1.96 bits per heavy atom. The third-order valence-corrected chi connectivity index (χ3v) is 5.29. The van der Waals surface area contributed by atoms with Gasteiger partial charge < -0.3 is 4.90 Å². The summed E-state index contributed by atoms with van der Waals surface area (Å²) in [6, 6.07) is 9.00. The van der Waals surface area contributed by atoms with Gasteiger partial charge in [0, 0.05) is 19.3 Å². The van der Waals surface area contributed by atoms with Gasteiger partial charge in [-0.3, -0.25) is 14.8 Å². The van der Waals surface area contributed by atoms with Crippen molar-refractivity contribution in [3.8, 4) is 0 Å². The Morgan fingerprint density at radius 3 is 2.68 bits per heavy atom. The Labute approximate surface area is 164 Å². The first-order valence-corrected chi connectivity index (χ1v) is 9.06. The minimum absolute atomic E-state index is 0.135. The summed E-state index contributed by atoms with van der Waals surface area (Å²) >= 11 is 5.91. The number of aromatic nitrogens is 1. The molecule has 144 valence electrons. The monoisotopic (exact) mass is 405 g/mol. The van der Waals surface area contributed by atoms with E-state index < -0.39 is 22.7 Å². The smallest absolute Gasteiger partial charge is 0.334 e. The van der Waals surface area contributed by atoms with Gasteiger partial charge in [0.15, 0.2) is 0 Å². The lowest BCUT2D eigenvalue weighted by molar-refractivity contribution is -0.137. The summed E-state index contributed by atoms with van der Waals surface area (Å²) in [5.74, 6) is -0.506. The molecule has 8 heteroatoms. The summed E-state index contributed by atoms with van der Waals surface area (Å²) in [6.45, 7) is 1.16. The minimum atomic E-state index is -4.61. The second kappa shape index (κ2) is 7.05. The van der Waals surface area contributed by atoms with E-state index in [0.717, 1.165) is 28.6 Å². The number of carbonyl (C=O) groups excluding carboxylic acids is 1. The average molecular weight is 406 g/mol. The number of aliphatic imine (C=N–C) groups is 1. The summed E-state index contributed by atoms with van der Waals surface area (Å²) in [7, 11) is 0. The normalized spacial score (nSPS) is 16.9. The number of rotatable bonds is 2. The van der Waals surface area contributed by atoms with Crippen LogP contribution in [0.25, 0.3) is 0 Å². The number of amides is 1. The molecule has 0 N–H and O–H groups in total. The van der Waals surface area contributed by atoms with E-state index in [4.69, 9.17) is 11.6 Å². The molecule has 1 aromatic heterocycles. The molecule has 0 bridgehead atoms. The highest BCUT2D eigenvalue weighted by atomic mass is 35.5. The maximum absolute atomic E-state index is 13.1. The molecule has 0 saturated heterocycles. The zero-order chi connectivity index (χ0) is 19.9. The SMILES string of the molecule is O=C(c1cccc(C(F)(F)F)c1Cl)N1CCC2=C(CN=C2c2ccccn2)C1. The highest BCUT2D eigenvalue weighted by Gasteiger charge is 2.36. The van der Waals surface area contributed by atoms with Crippen molar-refractivity contribution in [2.45, 2.75) is 12.6 Å². The Morgan fingerprint density at radius 1 is 1.14 bits per heavy atom. The fourth-order valence-electron chi connectivity index (χ4n) is 3.53. The molecule has 28 heavy (non-hydrogen) atoms. The van der Waals surface area contributed by atoms with Crippen LogP contribution in [0.5, 0.6) is 0 Å². The molecular weight excluding hydrogens is 391 g/mol. The molecule has 4 nitrogen and oxygen atoms in total. The predicted molar refractivity (Wildman–Crippen MR) is 99.6 cm³/mol. The van der Waals surface area contributed by atoms with E-state index in [2.05, 4.69) is 9.98 Å². The highest BCUT2D eigenvalue weighted by Crippen LogP contribution is 2.37. The zero-order valence-corrected chi connectivity index (χ0v) is 15.4. The largest absolute Gasteiger partial charge is 0.417 e. The number of carbonyl (C=O) groups is 1. The van der Waals surface area contributed by atoms with E-state index >= 15 is 0 Å². The summed E-state index contributed by atoms with van der Waals surface area (Å²) in [5.41, 5.74) is 2.54. The summed E-state index contributed by atoms with van der Waals surface area (Å²) in [4.78, 5) is 23.2. The molecule has 3 heterocycles. The third-order valence-electron chi connectivity index (χ3n) is 4.88. The van der Waals surface area contributed by atoms with Gasteiger partial charge in [0.25, 0.3) is 5.91 Å². The van der Waals surface area contributed by atoms with Crippen LogP contribution in [-0.2, 0) is 6.18 Å². The van der Waals surface area contributed by atoms with Gasteiger partial charge in [0.1, 0.15) is 0 Å². The van der Waals surface area contributed by atoms with E-state index in [1.807, 2.05) is 18.2 Å². The Bertz CT molecular complexity index is 1000. The maximum Gasteiger partial charge on any atom is 0.417 e. The average Bonchev–Trinajstić information content (AvgIpc) is 3.10. The molecule has 0 fully saturated rings. The van der Waals surface area contributed by atoms with Crippen LogP contribution in [0.4, 0.5) is 13.2 Å². The van der Waals surface area contributed by atoms with Crippen LogP contribution in [0.2, 0.25) is 5.02 Å². The van der Waals surface area contributed by atoms with Crippen LogP contribution in [0, 0.1) is 0 Å². The molecular formula is C20H15ClF3N3O. The lowest BCUT2D eigenvalue weighted by atomic mass is 9.96. The van der Waals surface area contributed by atoms with Crippen molar-refractivity contribution in [3.05, 3.63) is 75.6 Å². The molecule has 2 aromatic rings. The van der Waals surface area contributed by atoms with E-state index in [0.29, 0.717) is 26.1 Å². The van der Waals surface area contributed by atoms with Crippen LogP contribution in [-0.4, -0.2) is 41.1 Å². The zero-order valence-electron chi connectivity index (χ0n) is 14.6. The van der Waals surface area contributed by atoms with Crippen molar-refractivity contribution >= 4 is 23.2 Å². The van der Waals surface area contributed by atoms with Gasteiger partial charge in [-0.1, -0.05) is 23.7 Å². The number of hydrogen-bond acceptors (Lipinski definition) is 3. The molecule has 1 amide bonds. The molecule has 4 rings (SSSR count). The third kappa shape index (κ3) is 3.30. The highest BCUT2D eigenvalue weighted by molar-refractivity contribution is 6.34. The lowest BCUT2D eigenvalue weighted by Gasteiger charge is -2.29. The number of alkyl halides is 3. The summed E-state index contributed by atoms with van der Waals surface area (Å²) in [5, 5.41) is -0.559. The van der Waals surface area contributed by atoms with Gasteiger partial charge in [-0.05, 0) is 41.8 Å². The van der Waals surface area contributed by atoms with Crippen LogP contribution < -0.4 is 0 Å². The Hall–Kier alpha value is -2.67. The molecule has 0 saturated carbocycles. The maximum atomic E-state index is 13.1. The van der Waals surface area contributed by atoms with Crippen molar-refractivity contribution in [1.82, 2.24) is 9.88 Å². The molecule has 0 radical (unpaired) electrons. The molecule has 0 aliphatic carbocycles. The second-order valence-electron chi connectivity index (χ2n) is 6.60. The summed E-state index contributed by atoms with van der Waals surface area (Å²) < 4.78 is 39.2. The van der Waals surface area contributed by atoms with E-state index in [1.54, 1.807) is 6.20 Å². The number of pyridine rings is 1. The van der Waals surface area contributed by atoms with Crippen molar-refractivity contribution in [2.24, 2.45) is 4.99 Å². The molecule has 2 aliphatic heterocycles. The number of nitrogens with zero attached hydrogens (tertiary/aromatic N) is 3. The summed E-state index contributed by atoms with van der Waals surface area (Å²) in [6.07, 6.45) is -2.33. The first kappa shape index (κ1) is 18.7. The van der Waals surface area contributed by atoms with E-state index in [1.165, 1.54) is 17.0 Å². The molecule has 0 spiro atoms. The van der Waals surface area contributed by atoms with Crippen molar-refractivity contribution in [2.75, 3.05) is 19.6 Å². The molecule has 1 aromatic carbocycles. The fraction of sp³-hybridized carbons (Fsp3) is 0.250. The van der Waals surface area contributed by atoms with Gasteiger partial charge in [0.2, 0.25) is 0 Å². The van der Waals surface area contributed by atoms with Crippen LogP contribution in [0.15, 0.2) is 58.7 Å². The van der Waals surface area contributed by atoms with Gasteiger partial charge in [-0.25, -0.2) is 0 Å². The number of hydrogen-bond donors (Lipinski definition) is 0. The van der Waals surface area contributed by atoms with Crippen molar-refractivity contribution in [3.63, 3.8) is 0 Å². The Balaban J connectivity index is 1.57. The first-order chi connectivity index (χ1) is 13.4. The van der Waals surface area contributed by atoms with Crippen LogP contribution >= 0.6 is 11.6 Å². The van der Waals surface area contributed by atoms with E-state index in [-0.39, 0.29) is 5.56 Å². The van der Waals surface area contributed by atoms with Crippen molar-refractivity contribution < 1.29 is 18.0 Å². The predicted octanol–water partition coefficient (Wildman–Crippen LogP) is 4.40. The topological polar surface area (TPSA) is 45.6 Å². The van der Waals surface area contributed by atoms with Crippen molar-refractivity contribution in [1.29, 1.82) is 0 Å². The van der Waals surface area contributed by atoms with E-state index in [9.17, 15) is 18.0 Å². The standard InChI is InChI=1S/C20H15ClF3N3O/c21-17-14(4-3-5-15(17)20(22,23)24)19(28)27-9-7-13-12(11-27)10-26-18(13)16-6-1-2-8-25-16/h1-6,8H,7,9-11H2. The lowest BCUT2D eigenvalue weighted by Crippen LogP contribution is -2.38. The minimum Gasteiger partial charge on any atom is -0.334 e. The van der Waals surface area contributed by atoms with Crippen LogP contribution in [0.3, 0.4) is 0 Å². The first-order valence-electron chi connectivity index (χ1n) is 8.68. The van der Waals surface area contributed by atoms with Crippen LogP contribution in [0.1, 0.15) is 28.0 Å². The quantitative estimate of drug-likeness (QED) is 0.743. The van der Waals surface area contributed by atoms with Gasteiger partial charge in [0.05, 0.1) is 34.1 Å². The Kier molecular flexibility index (Phi) is 4.71. The fourth-order valence-corrected chi connectivity index (χ4v) is 3.84.